The summed E-state index contributed by atoms with van der Waals surface area (Å²) in [5.41, 5.74) is 1.32. The monoisotopic (exact) mass is 208 g/mol. The van der Waals surface area contributed by atoms with Crippen LogP contribution in [0.25, 0.3) is 10.8 Å². The molecule has 67 valence electrons. The molecule has 0 aliphatic rings. The largest absolute Gasteiger partial charge is 0.358 e. The Bertz CT molecular complexity index is 380. The zero-order valence-corrected chi connectivity index (χ0v) is 9.39. The molecule has 13 heavy (non-hydrogen) atoms. The van der Waals surface area contributed by atoms with Gasteiger partial charge in [0.1, 0.15) is 0 Å². The van der Waals surface area contributed by atoms with Gasteiger partial charge in [0.2, 0.25) is 0 Å². The van der Waals surface area contributed by atoms with Gasteiger partial charge in [-0.05, 0) is 17.7 Å². The zero-order chi connectivity index (χ0) is 7.68. The molecule has 1 heteroatoms. The van der Waals surface area contributed by atoms with Gasteiger partial charge in [-0.3, -0.25) is 0 Å². The molecular weight excluding hydrogens is 195 g/mol. The molecule has 0 aliphatic heterocycles. The van der Waals surface area contributed by atoms with Gasteiger partial charge >= 0.3 is 0 Å². The zero-order valence-electron chi connectivity index (χ0n) is 7.99. The molecule has 2 aromatic rings. The van der Waals surface area contributed by atoms with E-state index in [1.807, 2.05) is 0 Å². The Kier molecular flexibility index (Phi) is 4.83. The summed E-state index contributed by atoms with van der Waals surface area (Å²) in [6, 6.07) is 14.9. The second kappa shape index (κ2) is 5.11. The number of fused-ring (bicyclic) bond motifs is 1. The van der Waals surface area contributed by atoms with Crippen molar-refractivity contribution in [2.75, 3.05) is 0 Å². The molecule has 2 aromatic carbocycles. The fourth-order valence-corrected chi connectivity index (χ4v) is 1.31. The van der Waals surface area contributed by atoms with Gasteiger partial charge in [0.05, 0.1) is 0 Å². The Morgan fingerprint density at radius 3 is 2.15 bits per heavy atom. The van der Waals surface area contributed by atoms with E-state index in [4.69, 9.17) is 0 Å². The van der Waals surface area contributed by atoms with Crippen LogP contribution in [-0.4, -0.2) is 0 Å². The molecule has 0 N–H and O–H groups in total. The molecule has 2 rings (SSSR count). The normalized spacial score (nSPS) is 8.69. The SMILES string of the molecule is Cc1ccc2ccccc2c1.[CH3-].[V]. The second-order valence-electron chi connectivity index (χ2n) is 2.85. The van der Waals surface area contributed by atoms with Gasteiger partial charge in [-0.15, -0.1) is 0 Å². The number of hydrogen-bond donors (Lipinski definition) is 0. The summed E-state index contributed by atoms with van der Waals surface area (Å²) in [7, 11) is 0. The molecule has 0 aromatic heterocycles. The van der Waals surface area contributed by atoms with Crippen molar-refractivity contribution in [3.63, 3.8) is 0 Å². The predicted molar refractivity (Wildman–Crippen MR) is 55.1 cm³/mol. The molecule has 0 fully saturated rings. The molecule has 0 heterocycles. The van der Waals surface area contributed by atoms with Crippen LogP contribution in [0, 0.1) is 14.4 Å². The van der Waals surface area contributed by atoms with E-state index in [1.54, 1.807) is 0 Å². The molecule has 0 spiro atoms. The van der Waals surface area contributed by atoms with E-state index in [2.05, 4.69) is 49.4 Å². The van der Waals surface area contributed by atoms with E-state index in [1.165, 1.54) is 16.3 Å². The molecule has 0 aliphatic carbocycles. The summed E-state index contributed by atoms with van der Waals surface area (Å²) in [6.07, 6.45) is 0. The fraction of sp³-hybridized carbons (Fsp3) is 0.0833. The number of rotatable bonds is 0. The second-order valence-corrected chi connectivity index (χ2v) is 2.85. The molecule has 0 atom stereocenters. The quantitative estimate of drug-likeness (QED) is 0.580. The van der Waals surface area contributed by atoms with Gasteiger partial charge in [0, 0.05) is 18.6 Å². The Hall–Kier alpha value is -0.716. The average molecular weight is 208 g/mol. The van der Waals surface area contributed by atoms with Crippen molar-refractivity contribution >= 4 is 10.8 Å². The van der Waals surface area contributed by atoms with Crippen molar-refractivity contribution < 1.29 is 18.6 Å². The van der Waals surface area contributed by atoms with Crippen LogP contribution in [0.2, 0.25) is 0 Å². The molecule has 0 saturated heterocycles. The topological polar surface area (TPSA) is 0 Å². The number of benzene rings is 2. The first-order chi connectivity index (χ1) is 5.36. The van der Waals surface area contributed by atoms with E-state index in [0.717, 1.165) is 0 Å². The van der Waals surface area contributed by atoms with Gasteiger partial charge in [-0.1, -0.05) is 48.0 Å². The van der Waals surface area contributed by atoms with Crippen molar-refractivity contribution in [1.82, 2.24) is 0 Å². The molecule has 0 bridgehead atoms. The Morgan fingerprint density at radius 2 is 1.46 bits per heavy atom. The Morgan fingerprint density at radius 1 is 0.846 bits per heavy atom. The van der Waals surface area contributed by atoms with Crippen molar-refractivity contribution in [3.05, 3.63) is 55.5 Å². The maximum absolute atomic E-state index is 2.20. The van der Waals surface area contributed by atoms with Crippen LogP contribution < -0.4 is 0 Å². The first-order valence-corrected chi connectivity index (χ1v) is 3.82. The summed E-state index contributed by atoms with van der Waals surface area (Å²) in [4.78, 5) is 0. The summed E-state index contributed by atoms with van der Waals surface area (Å²) in [5.74, 6) is 0. The molecule has 0 saturated carbocycles. The Labute approximate surface area is 91.9 Å². The van der Waals surface area contributed by atoms with Crippen LogP contribution >= 0.6 is 0 Å². The van der Waals surface area contributed by atoms with Crippen molar-refractivity contribution in [1.29, 1.82) is 0 Å². The molecular formula is C12H13V-. The van der Waals surface area contributed by atoms with Crippen LogP contribution in [0.15, 0.2) is 42.5 Å². The van der Waals surface area contributed by atoms with Crippen molar-refractivity contribution in [2.45, 2.75) is 6.92 Å². The maximum atomic E-state index is 2.20. The first-order valence-electron chi connectivity index (χ1n) is 3.82. The fourth-order valence-electron chi connectivity index (χ4n) is 1.31. The van der Waals surface area contributed by atoms with Gasteiger partial charge in [-0.25, -0.2) is 0 Å². The minimum absolute atomic E-state index is 0. The maximum Gasteiger partial charge on any atom is 0 e. The minimum atomic E-state index is 0. The van der Waals surface area contributed by atoms with E-state index < -0.39 is 0 Å². The van der Waals surface area contributed by atoms with Crippen LogP contribution in [0.1, 0.15) is 5.56 Å². The van der Waals surface area contributed by atoms with Gasteiger partial charge in [0.25, 0.3) is 0 Å². The van der Waals surface area contributed by atoms with E-state index in [-0.39, 0.29) is 26.0 Å². The van der Waals surface area contributed by atoms with E-state index in [9.17, 15) is 0 Å². The van der Waals surface area contributed by atoms with Crippen LogP contribution in [-0.2, 0) is 18.6 Å². The van der Waals surface area contributed by atoms with E-state index >= 15 is 0 Å². The number of hydrogen-bond acceptors (Lipinski definition) is 0. The third kappa shape index (κ3) is 2.62. The smallest absolute Gasteiger partial charge is 0 e. The summed E-state index contributed by atoms with van der Waals surface area (Å²) in [5, 5.41) is 2.64. The minimum Gasteiger partial charge on any atom is -0.358 e. The summed E-state index contributed by atoms with van der Waals surface area (Å²) in [6.45, 7) is 2.12. The summed E-state index contributed by atoms with van der Waals surface area (Å²) >= 11 is 0. The molecule has 0 nitrogen and oxygen atoms in total. The van der Waals surface area contributed by atoms with Crippen molar-refractivity contribution in [3.8, 4) is 0 Å². The third-order valence-corrected chi connectivity index (χ3v) is 1.90. The van der Waals surface area contributed by atoms with Crippen molar-refractivity contribution in [2.24, 2.45) is 0 Å². The standard InChI is InChI=1S/C11H10.CH3.V/c1-9-6-7-10-4-2-3-5-11(10)8-9;;/h2-8H,1H3;1H3;/q;-1;. The van der Waals surface area contributed by atoms with Crippen LogP contribution in [0.3, 0.4) is 0 Å². The van der Waals surface area contributed by atoms with E-state index in [0.29, 0.717) is 0 Å². The van der Waals surface area contributed by atoms with Gasteiger partial charge < -0.3 is 7.43 Å². The van der Waals surface area contributed by atoms with Crippen LogP contribution in [0.4, 0.5) is 0 Å². The molecule has 0 amide bonds. The predicted octanol–water partition coefficient (Wildman–Crippen LogP) is 3.60. The third-order valence-electron chi connectivity index (χ3n) is 1.90. The van der Waals surface area contributed by atoms with Gasteiger partial charge in [-0.2, -0.15) is 0 Å². The molecule has 1 radical (unpaired) electrons. The summed E-state index contributed by atoms with van der Waals surface area (Å²) < 4.78 is 0. The first kappa shape index (κ1) is 12.3. The number of aryl methyl sites for hydroxylation is 1. The Balaban J connectivity index is 0.000000720. The van der Waals surface area contributed by atoms with Crippen LogP contribution in [0.5, 0.6) is 0 Å². The molecule has 0 unspecified atom stereocenters. The average Bonchev–Trinajstić information content (AvgIpc) is 2.04. The van der Waals surface area contributed by atoms with Gasteiger partial charge in [0.15, 0.2) is 0 Å².